The van der Waals surface area contributed by atoms with Crippen LogP contribution >= 0.6 is 15.9 Å². The molecule has 0 saturated carbocycles. The number of hydrogen-bond donors (Lipinski definition) is 1. The molecule has 1 aliphatic heterocycles. The molecule has 15 heavy (non-hydrogen) atoms. The Bertz CT molecular complexity index is 387. The lowest BCUT2D eigenvalue weighted by Gasteiger charge is -1.99. The zero-order valence-corrected chi connectivity index (χ0v) is 9.88. The molecule has 3 heteroatoms. The summed E-state index contributed by atoms with van der Waals surface area (Å²) in [6.07, 6.45) is 3.82. The normalized spacial score (nSPS) is 17.8. The second kappa shape index (κ2) is 4.62. The second-order valence-corrected chi connectivity index (χ2v) is 4.49. The topological polar surface area (TPSA) is 29.1 Å². The van der Waals surface area contributed by atoms with Gasteiger partial charge in [-0.25, -0.2) is 0 Å². The molecule has 0 amide bonds. The minimum Gasteiger partial charge on any atom is -0.388 e. The number of allylic oxidation sites excluding steroid dienone is 2. The van der Waals surface area contributed by atoms with Crippen LogP contribution in [0.1, 0.15) is 23.2 Å². The number of rotatable bonds is 2. The summed E-state index contributed by atoms with van der Waals surface area (Å²) in [5, 5.41) is 3.20. The molecule has 1 N–H and O–H groups in total. The number of hydrogen-bond acceptors (Lipinski definition) is 2. The van der Waals surface area contributed by atoms with E-state index in [1.807, 2.05) is 24.3 Å². The van der Waals surface area contributed by atoms with Gasteiger partial charge in [0.25, 0.3) is 0 Å². The summed E-state index contributed by atoms with van der Waals surface area (Å²) >= 11 is 3.34. The number of halogens is 1. The van der Waals surface area contributed by atoms with E-state index in [1.165, 1.54) is 0 Å². The highest BCUT2D eigenvalue weighted by Crippen LogP contribution is 2.14. The third kappa shape index (κ3) is 2.69. The third-order valence-electron chi connectivity index (χ3n) is 2.41. The van der Waals surface area contributed by atoms with Gasteiger partial charge in [-0.05, 0) is 37.1 Å². The Kier molecular flexibility index (Phi) is 3.21. The molecule has 1 aromatic rings. The first-order chi connectivity index (χ1) is 7.25. The zero-order valence-electron chi connectivity index (χ0n) is 8.29. The fourth-order valence-corrected chi connectivity index (χ4v) is 1.86. The molecule has 1 aliphatic rings. The van der Waals surface area contributed by atoms with Crippen LogP contribution in [0.3, 0.4) is 0 Å². The van der Waals surface area contributed by atoms with Crippen molar-refractivity contribution in [3.05, 3.63) is 46.1 Å². The van der Waals surface area contributed by atoms with Gasteiger partial charge in [0.2, 0.25) is 0 Å². The van der Waals surface area contributed by atoms with Gasteiger partial charge in [0, 0.05) is 28.4 Å². The van der Waals surface area contributed by atoms with E-state index >= 15 is 0 Å². The van der Waals surface area contributed by atoms with E-state index in [9.17, 15) is 4.79 Å². The standard InChI is InChI=1S/C12H12BrNO/c13-10-5-3-9(4-6-10)12(15)8-11-2-1-7-14-11/h3-6,8,14H,1-2,7H2/b11-8-. The van der Waals surface area contributed by atoms with Crippen molar-refractivity contribution in [2.45, 2.75) is 12.8 Å². The van der Waals surface area contributed by atoms with Gasteiger partial charge in [-0.3, -0.25) is 4.79 Å². The summed E-state index contributed by atoms with van der Waals surface area (Å²) in [5.41, 5.74) is 1.79. The maximum atomic E-state index is 11.8. The van der Waals surface area contributed by atoms with Gasteiger partial charge in [0.1, 0.15) is 0 Å². The fraction of sp³-hybridized carbons (Fsp3) is 0.250. The van der Waals surface area contributed by atoms with Crippen LogP contribution in [-0.2, 0) is 0 Å². The van der Waals surface area contributed by atoms with E-state index in [0.717, 1.165) is 35.1 Å². The Labute approximate surface area is 97.5 Å². The molecule has 0 radical (unpaired) electrons. The highest BCUT2D eigenvalue weighted by molar-refractivity contribution is 9.10. The second-order valence-electron chi connectivity index (χ2n) is 3.57. The molecule has 0 spiro atoms. The number of benzene rings is 1. The monoisotopic (exact) mass is 265 g/mol. The number of carbonyl (C=O) groups excluding carboxylic acids is 1. The van der Waals surface area contributed by atoms with Gasteiger partial charge in [-0.2, -0.15) is 0 Å². The van der Waals surface area contributed by atoms with Crippen molar-refractivity contribution in [2.24, 2.45) is 0 Å². The Morgan fingerprint density at radius 1 is 1.33 bits per heavy atom. The molecule has 2 nitrogen and oxygen atoms in total. The van der Waals surface area contributed by atoms with Crippen LogP contribution in [0.4, 0.5) is 0 Å². The van der Waals surface area contributed by atoms with E-state index < -0.39 is 0 Å². The molecule has 0 unspecified atom stereocenters. The maximum absolute atomic E-state index is 11.8. The van der Waals surface area contributed by atoms with Crippen LogP contribution in [0.15, 0.2) is 40.5 Å². The number of carbonyl (C=O) groups is 1. The SMILES string of the molecule is O=C(/C=C1/CCCN1)c1ccc(Br)cc1. The van der Waals surface area contributed by atoms with Crippen molar-refractivity contribution < 1.29 is 4.79 Å². The zero-order chi connectivity index (χ0) is 10.7. The highest BCUT2D eigenvalue weighted by Gasteiger charge is 2.08. The summed E-state index contributed by atoms with van der Waals surface area (Å²) in [7, 11) is 0. The minimum absolute atomic E-state index is 0.0758. The molecule has 1 aromatic carbocycles. The van der Waals surface area contributed by atoms with Gasteiger partial charge in [0.05, 0.1) is 0 Å². The van der Waals surface area contributed by atoms with E-state index in [-0.39, 0.29) is 5.78 Å². The summed E-state index contributed by atoms with van der Waals surface area (Å²) in [6, 6.07) is 7.43. The number of ketones is 1. The maximum Gasteiger partial charge on any atom is 0.187 e. The lowest BCUT2D eigenvalue weighted by molar-refractivity contribution is 0.104. The number of nitrogens with one attached hydrogen (secondary N) is 1. The molecule has 2 rings (SSSR count). The van der Waals surface area contributed by atoms with Gasteiger partial charge in [-0.15, -0.1) is 0 Å². The average Bonchev–Trinajstić information content (AvgIpc) is 2.71. The van der Waals surface area contributed by atoms with Crippen molar-refractivity contribution in [3.8, 4) is 0 Å². The fourth-order valence-electron chi connectivity index (χ4n) is 1.60. The van der Waals surface area contributed by atoms with Gasteiger partial charge < -0.3 is 5.32 Å². The van der Waals surface area contributed by atoms with Crippen LogP contribution in [0.25, 0.3) is 0 Å². The van der Waals surface area contributed by atoms with E-state index in [1.54, 1.807) is 6.08 Å². The van der Waals surface area contributed by atoms with Crippen LogP contribution in [0.2, 0.25) is 0 Å². The van der Waals surface area contributed by atoms with Crippen molar-refractivity contribution in [2.75, 3.05) is 6.54 Å². The van der Waals surface area contributed by atoms with E-state index in [4.69, 9.17) is 0 Å². The molecule has 1 heterocycles. The molecular formula is C12H12BrNO. The summed E-state index contributed by atoms with van der Waals surface area (Å²) in [4.78, 5) is 11.8. The quantitative estimate of drug-likeness (QED) is 0.658. The Hall–Kier alpha value is -1.09. The lowest BCUT2D eigenvalue weighted by Crippen LogP contribution is -2.06. The summed E-state index contributed by atoms with van der Waals surface area (Å²) in [6.45, 7) is 0.986. The first kappa shape index (κ1) is 10.4. The van der Waals surface area contributed by atoms with Crippen molar-refractivity contribution in [1.82, 2.24) is 5.32 Å². The van der Waals surface area contributed by atoms with Gasteiger partial charge in [0.15, 0.2) is 5.78 Å². The summed E-state index contributed by atoms with van der Waals surface area (Å²) in [5.74, 6) is 0.0758. The molecule has 0 aliphatic carbocycles. The van der Waals surface area contributed by atoms with Gasteiger partial charge in [-0.1, -0.05) is 15.9 Å². The Balaban J connectivity index is 2.14. The van der Waals surface area contributed by atoms with Crippen LogP contribution < -0.4 is 5.32 Å². The van der Waals surface area contributed by atoms with Crippen LogP contribution in [0, 0.1) is 0 Å². The van der Waals surface area contributed by atoms with Crippen LogP contribution in [-0.4, -0.2) is 12.3 Å². The molecule has 0 aromatic heterocycles. The summed E-state index contributed by atoms with van der Waals surface area (Å²) < 4.78 is 0.991. The smallest absolute Gasteiger partial charge is 0.187 e. The first-order valence-electron chi connectivity index (χ1n) is 5.00. The molecule has 0 bridgehead atoms. The minimum atomic E-state index is 0.0758. The lowest BCUT2D eigenvalue weighted by atomic mass is 10.1. The highest BCUT2D eigenvalue weighted by atomic mass is 79.9. The molecular weight excluding hydrogens is 254 g/mol. The predicted molar refractivity (Wildman–Crippen MR) is 63.8 cm³/mol. The van der Waals surface area contributed by atoms with E-state index in [0.29, 0.717) is 0 Å². The van der Waals surface area contributed by atoms with Gasteiger partial charge >= 0.3 is 0 Å². The first-order valence-corrected chi connectivity index (χ1v) is 5.79. The molecule has 0 atom stereocenters. The molecule has 1 saturated heterocycles. The Morgan fingerprint density at radius 3 is 2.67 bits per heavy atom. The van der Waals surface area contributed by atoms with Crippen molar-refractivity contribution >= 4 is 21.7 Å². The molecule has 1 fully saturated rings. The van der Waals surface area contributed by atoms with Crippen LogP contribution in [0.5, 0.6) is 0 Å². The molecule has 78 valence electrons. The Morgan fingerprint density at radius 2 is 2.07 bits per heavy atom. The van der Waals surface area contributed by atoms with Crippen molar-refractivity contribution in [3.63, 3.8) is 0 Å². The van der Waals surface area contributed by atoms with Crippen molar-refractivity contribution in [1.29, 1.82) is 0 Å². The third-order valence-corrected chi connectivity index (χ3v) is 2.94. The van der Waals surface area contributed by atoms with E-state index in [2.05, 4.69) is 21.2 Å². The average molecular weight is 266 g/mol. The largest absolute Gasteiger partial charge is 0.388 e. The predicted octanol–water partition coefficient (Wildman–Crippen LogP) is 2.90.